The van der Waals surface area contributed by atoms with Crippen molar-refractivity contribution < 1.29 is 29.0 Å². The van der Waals surface area contributed by atoms with E-state index in [9.17, 15) is 9.59 Å². The molecule has 1 atom stereocenters. The minimum atomic E-state index is -0.582. The van der Waals surface area contributed by atoms with Gasteiger partial charge in [0.25, 0.3) is 0 Å². The summed E-state index contributed by atoms with van der Waals surface area (Å²) in [5, 5.41) is 14.6. The second-order valence-corrected chi connectivity index (χ2v) is 5.50. The summed E-state index contributed by atoms with van der Waals surface area (Å²) in [6.07, 6.45) is -1.56. The first-order valence-corrected chi connectivity index (χ1v) is 7.55. The highest BCUT2D eigenvalue weighted by molar-refractivity contribution is 6.01. The number of nitrogens with one attached hydrogen (secondary N) is 1. The van der Waals surface area contributed by atoms with Crippen molar-refractivity contribution in [2.75, 3.05) is 43.7 Å². The van der Waals surface area contributed by atoms with Crippen molar-refractivity contribution in [3.8, 4) is 5.75 Å². The fourth-order valence-corrected chi connectivity index (χ4v) is 2.65. The van der Waals surface area contributed by atoms with Gasteiger partial charge < -0.3 is 29.6 Å². The predicted molar refractivity (Wildman–Crippen MR) is 87.6 cm³/mol. The number of amides is 2. The number of oxime groups is 1. The number of methoxy groups -OCH3 is 1. The van der Waals surface area contributed by atoms with Crippen LogP contribution in [0.1, 0.15) is 0 Å². The standard InChI is InChI=1S/C15H18N4O6/c1-18-11-4-3-9(5-12(11)24-8-13(18)17-22)19-7-10(25-15(19)21)6-16-14(20)23-2/h3-5,10,22H,6-8H2,1-2H3,(H,16,20)/b17-13+/t10-/m0/s1. The Morgan fingerprint density at radius 3 is 3.04 bits per heavy atom. The Morgan fingerprint density at radius 1 is 1.52 bits per heavy atom. The number of ether oxygens (including phenoxy) is 3. The first-order chi connectivity index (χ1) is 12.0. The van der Waals surface area contributed by atoms with E-state index in [-0.39, 0.29) is 13.2 Å². The first kappa shape index (κ1) is 16.7. The summed E-state index contributed by atoms with van der Waals surface area (Å²) < 4.78 is 15.3. The van der Waals surface area contributed by atoms with Crippen LogP contribution >= 0.6 is 0 Å². The van der Waals surface area contributed by atoms with Crippen molar-refractivity contribution in [2.24, 2.45) is 5.16 Å². The van der Waals surface area contributed by atoms with E-state index in [0.29, 0.717) is 23.8 Å². The van der Waals surface area contributed by atoms with Gasteiger partial charge in [0.1, 0.15) is 18.5 Å². The number of hydrogen-bond acceptors (Lipinski definition) is 7. The molecule has 2 amide bonds. The normalized spacial score (nSPS) is 20.8. The van der Waals surface area contributed by atoms with Crippen LogP contribution in [0.15, 0.2) is 23.4 Å². The summed E-state index contributed by atoms with van der Waals surface area (Å²) in [7, 11) is 3.02. The van der Waals surface area contributed by atoms with Gasteiger partial charge in [-0.15, -0.1) is 0 Å². The van der Waals surface area contributed by atoms with Crippen molar-refractivity contribution in [2.45, 2.75) is 6.10 Å². The molecule has 10 nitrogen and oxygen atoms in total. The van der Waals surface area contributed by atoms with E-state index in [0.717, 1.165) is 5.69 Å². The number of cyclic esters (lactones) is 1. The third kappa shape index (κ3) is 3.23. The van der Waals surface area contributed by atoms with Gasteiger partial charge in [-0.05, 0) is 12.1 Å². The van der Waals surface area contributed by atoms with E-state index in [1.165, 1.54) is 12.0 Å². The molecule has 0 bridgehead atoms. The highest BCUT2D eigenvalue weighted by atomic mass is 16.6. The zero-order valence-electron chi connectivity index (χ0n) is 13.8. The van der Waals surface area contributed by atoms with Crippen LogP contribution in [0.2, 0.25) is 0 Å². The lowest BCUT2D eigenvalue weighted by atomic mass is 10.2. The van der Waals surface area contributed by atoms with E-state index < -0.39 is 18.3 Å². The number of fused-ring (bicyclic) bond motifs is 1. The minimum absolute atomic E-state index is 0.125. The Balaban J connectivity index is 1.73. The fourth-order valence-electron chi connectivity index (χ4n) is 2.65. The van der Waals surface area contributed by atoms with Crippen LogP contribution in [-0.2, 0) is 9.47 Å². The molecule has 134 valence electrons. The molecule has 2 aliphatic heterocycles. The maximum atomic E-state index is 12.1. The van der Waals surface area contributed by atoms with E-state index in [1.807, 2.05) is 0 Å². The molecule has 1 aromatic carbocycles. The van der Waals surface area contributed by atoms with Crippen LogP contribution in [0, 0.1) is 0 Å². The largest absolute Gasteiger partial charge is 0.483 e. The molecule has 0 aliphatic carbocycles. The molecular weight excluding hydrogens is 332 g/mol. The third-order valence-corrected chi connectivity index (χ3v) is 4.01. The van der Waals surface area contributed by atoms with Gasteiger partial charge in [0.05, 0.1) is 31.6 Å². The molecule has 2 N–H and O–H groups in total. The Hall–Kier alpha value is -3.17. The zero-order valence-corrected chi connectivity index (χ0v) is 13.8. The van der Waals surface area contributed by atoms with Crippen LogP contribution < -0.4 is 19.9 Å². The fraction of sp³-hybridized carbons (Fsp3) is 0.400. The van der Waals surface area contributed by atoms with E-state index in [4.69, 9.17) is 14.7 Å². The van der Waals surface area contributed by atoms with Crippen molar-refractivity contribution in [1.29, 1.82) is 0 Å². The number of rotatable bonds is 3. The maximum Gasteiger partial charge on any atom is 0.414 e. The lowest BCUT2D eigenvalue weighted by Crippen LogP contribution is -2.36. The number of carbonyl (C=O) groups is 2. The molecule has 2 heterocycles. The Kier molecular flexibility index (Phi) is 4.50. The van der Waals surface area contributed by atoms with Crippen LogP contribution in [0.5, 0.6) is 5.75 Å². The summed E-state index contributed by atoms with van der Waals surface area (Å²) in [4.78, 5) is 26.4. The monoisotopic (exact) mass is 350 g/mol. The number of carbonyl (C=O) groups excluding carboxylic acids is 2. The summed E-state index contributed by atoms with van der Waals surface area (Å²) in [5.41, 5.74) is 1.33. The number of hydrogen-bond donors (Lipinski definition) is 2. The second kappa shape index (κ2) is 6.75. The van der Waals surface area contributed by atoms with Gasteiger partial charge in [0, 0.05) is 13.1 Å². The third-order valence-electron chi connectivity index (χ3n) is 4.01. The van der Waals surface area contributed by atoms with Gasteiger partial charge in [0.2, 0.25) is 0 Å². The number of benzene rings is 1. The molecule has 1 saturated heterocycles. The van der Waals surface area contributed by atoms with E-state index in [2.05, 4.69) is 15.2 Å². The van der Waals surface area contributed by atoms with Crippen LogP contribution in [0.4, 0.5) is 21.0 Å². The van der Waals surface area contributed by atoms with Gasteiger partial charge in [-0.3, -0.25) is 4.90 Å². The van der Waals surface area contributed by atoms with Gasteiger partial charge in [-0.1, -0.05) is 5.16 Å². The molecule has 3 rings (SSSR count). The molecule has 0 saturated carbocycles. The van der Waals surface area contributed by atoms with E-state index in [1.54, 1.807) is 30.1 Å². The van der Waals surface area contributed by atoms with Gasteiger partial charge in [-0.2, -0.15) is 0 Å². The quantitative estimate of drug-likeness (QED) is 0.617. The molecule has 0 aromatic heterocycles. The van der Waals surface area contributed by atoms with Gasteiger partial charge in [-0.25, -0.2) is 9.59 Å². The van der Waals surface area contributed by atoms with Crippen LogP contribution in [0.25, 0.3) is 0 Å². The van der Waals surface area contributed by atoms with Gasteiger partial charge in [0.15, 0.2) is 5.84 Å². The van der Waals surface area contributed by atoms with Crippen molar-refractivity contribution in [3.63, 3.8) is 0 Å². The molecule has 0 radical (unpaired) electrons. The number of alkyl carbamates (subject to hydrolysis) is 1. The van der Waals surface area contributed by atoms with Crippen LogP contribution in [-0.4, -0.2) is 63.2 Å². The highest BCUT2D eigenvalue weighted by Gasteiger charge is 2.33. The Labute approximate surface area is 143 Å². The van der Waals surface area contributed by atoms with Crippen molar-refractivity contribution in [1.82, 2.24) is 5.32 Å². The Morgan fingerprint density at radius 2 is 2.32 bits per heavy atom. The molecule has 0 spiro atoms. The smallest absolute Gasteiger partial charge is 0.414 e. The highest BCUT2D eigenvalue weighted by Crippen LogP contribution is 2.36. The minimum Gasteiger partial charge on any atom is -0.483 e. The second-order valence-electron chi connectivity index (χ2n) is 5.50. The Bertz CT molecular complexity index is 722. The van der Waals surface area contributed by atoms with Crippen molar-refractivity contribution >= 4 is 29.4 Å². The summed E-state index contributed by atoms with van der Waals surface area (Å²) in [6.45, 7) is 0.579. The van der Waals surface area contributed by atoms with E-state index >= 15 is 0 Å². The number of likely N-dealkylation sites (N-methyl/N-ethyl adjacent to an activating group) is 1. The van der Waals surface area contributed by atoms with Gasteiger partial charge >= 0.3 is 12.2 Å². The lowest BCUT2D eigenvalue weighted by molar-refractivity contribution is 0.132. The molecule has 10 heteroatoms. The molecule has 2 aliphatic rings. The summed E-state index contributed by atoms with van der Waals surface area (Å²) in [6, 6.07) is 5.23. The predicted octanol–water partition coefficient (Wildman–Crippen LogP) is 0.984. The molecule has 1 fully saturated rings. The molecule has 25 heavy (non-hydrogen) atoms. The summed E-state index contributed by atoms with van der Waals surface area (Å²) >= 11 is 0. The number of anilines is 2. The number of amidine groups is 1. The average molecular weight is 350 g/mol. The van der Waals surface area contributed by atoms with Crippen molar-refractivity contribution in [3.05, 3.63) is 18.2 Å². The average Bonchev–Trinajstić information content (AvgIpc) is 3.00. The molecule has 1 aromatic rings. The SMILES string of the molecule is COC(=O)NC[C@H]1CN(c2ccc3c(c2)OC/C(=N\O)N3C)C(=O)O1. The molecule has 0 unspecified atom stereocenters. The lowest BCUT2D eigenvalue weighted by Gasteiger charge is -2.28. The topological polar surface area (TPSA) is 113 Å². The molecular formula is C15H18N4O6. The first-order valence-electron chi connectivity index (χ1n) is 7.55. The maximum absolute atomic E-state index is 12.1. The zero-order chi connectivity index (χ0) is 18.0. The van der Waals surface area contributed by atoms with Crippen LogP contribution in [0.3, 0.4) is 0 Å². The number of nitrogens with zero attached hydrogens (tertiary/aromatic N) is 3. The summed E-state index contributed by atoms with van der Waals surface area (Å²) in [5.74, 6) is 0.950.